The number of rotatable bonds is 5. The second-order valence-electron chi connectivity index (χ2n) is 16.5. The van der Waals surface area contributed by atoms with Crippen LogP contribution in [0.1, 0.15) is 49.9 Å². The maximum Gasteiger partial charge on any atom is 0.0465 e. The van der Waals surface area contributed by atoms with Gasteiger partial charge < -0.3 is 4.90 Å². The predicted octanol–water partition coefficient (Wildman–Crippen LogP) is 15.5. The van der Waals surface area contributed by atoms with Gasteiger partial charge in [0.25, 0.3) is 0 Å². The summed E-state index contributed by atoms with van der Waals surface area (Å²) in [5.41, 5.74) is 19.1. The molecule has 1 nitrogen and oxygen atoms in total. The highest BCUT2D eigenvalue weighted by Gasteiger charge is 2.38. The minimum atomic E-state index is -0.175. The minimum Gasteiger partial charge on any atom is -0.310 e. The third-order valence-corrected chi connectivity index (χ3v) is 13.9. The van der Waals surface area contributed by atoms with E-state index < -0.39 is 0 Å². The SMILES string of the molecule is CC1(C)c2cc(-c3ccccc3)ccc2-c2ccc(N(c3ccccc3)c3ccc4c(c3)C(C)(C)c3cc(-c5cccc6c5sc5ccccc56)ccc3-4)cc21. The largest absolute Gasteiger partial charge is 0.310 e. The van der Waals surface area contributed by atoms with Crippen LogP contribution in [0, 0.1) is 0 Å². The van der Waals surface area contributed by atoms with Crippen molar-refractivity contribution >= 4 is 48.6 Å². The highest BCUT2D eigenvalue weighted by molar-refractivity contribution is 7.26. The fourth-order valence-corrected chi connectivity index (χ4v) is 10.9. The van der Waals surface area contributed by atoms with Crippen LogP contribution in [0.5, 0.6) is 0 Å². The summed E-state index contributed by atoms with van der Waals surface area (Å²) in [5.74, 6) is 0. The van der Waals surface area contributed by atoms with Crippen LogP contribution < -0.4 is 4.90 Å². The molecule has 0 N–H and O–H groups in total. The van der Waals surface area contributed by atoms with Crippen molar-refractivity contribution in [1.29, 1.82) is 0 Å². The maximum atomic E-state index is 2.46. The number of hydrogen-bond donors (Lipinski definition) is 0. The van der Waals surface area contributed by atoms with Gasteiger partial charge in [0.2, 0.25) is 0 Å². The monoisotopic (exact) mass is 735 g/mol. The van der Waals surface area contributed by atoms with Crippen molar-refractivity contribution in [2.45, 2.75) is 38.5 Å². The zero-order chi connectivity index (χ0) is 37.8. The lowest BCUT2D eigenvalue weighted by Crippen LogP contribution is -2.18. The van der Waals surface area contributed by atoms with Gasteiger partial charge in [0.1, 0.15) is 0 Å². The summed E-state index contributed by atoms with van der Waals surface area (Å²) in [6.45, 7) is 9.56. The van der Waals surface area contributed by atoms with Gasteiger partial charge in [0, 0.05) is 48.1 Å². The molecule has 0 unspecified atom stereocenters. The molecule has 0 aliphatic heterocycles. The molecule has 9 aromatic rings. The summed E-state index contributed by atoms with van der Waals surface area (Å²) in [6.07, 6.45) is 0. The van der Waals surface area contributed by atoms with Crippen LogP contribution in [0.25, 0.3) is 64.7 Å². The van der Waals surface area contributed by atoms with Crippen molar-refractivity contribution in [3.8, 4) is 44.5 Å². The molecule has 2 heteroatoms. The smallest absolute Gasteiger partial charge is 0.0465 e. The molecule has 2 aliphatic rings. The topological polar surface area (TPSA) is 3.24 Å². The average molecular weight is 736 g/mol. The molecule has 0 fully saturated rings. The molecule has 0 spiro atoms. The predicted molar refractivity (Wildman–Crippen MR) is 240 cm³/mol. The summed E-state index contributed by atoms with van der Waals surface area (Å²) < 4.78 is 2.70. The van der Waals surface area contributed by atoms with Crippen LogP contribution in [0.4, 0.5) is 17.1 Å². The minimum absolute atomic E-state index is 0.146. The van der Waals surface area contributed by atoms with Crippen molar-refractivity contribution in [3.05, 3.63) is 198 Å². The number of para-hydroxylation sites is 1. The van der Waals surface area contributed by atoms with Crippen LogP contribution >= 0.6 is 11.3 Å². The van der Waals surface area contributed by atoms with Crippen molar-refractivity contribution in [2.75, 3.05) is 4.90 Å². The molecule has 11 rings (SSSR count). The van der Waals surface area contributed by atoms with Gasteiger partial charge in [0.05, 0.1) is 0 Å². The Morgan fingerprint density at radius 2 is 0.857 bits per heavy atom. The first kappa shape index (κ1) is 33.1. The number of benzene rings is 8. The van der Waals surface area contributed by atoms with Crippen LogP contribution in [0.3, 0.4) is 0 Å². The van der Waals surface area contributed by atoms with E-state index in [0.29, 0.717) is 0 Å². The Morgan fingerprint density at radius 1 is 0.357 bits per heavy atom. The molecule has 0 saturated carbocycles. The van der Waals surface area contributed by atoms with Crippen molar-refractivity contribution in [2.24, 2.45) is 0 Å². The molecule has 0 radical (unpaired) electrons. The fraction of sp³-hybridized carbons (Fsp3) is 0.111. The molecule has 0 atom stereocenters. The van der Waals surface area contributed by atoms with Crippen molar-refractivity contribution in [1.82, 2.24) is 0 Å². The van der Waals surface area contributed by atoms with E-state index in [1.54, 1.807) is 0 Å². The van der Waals surface area contributed by atoms with E-state index in [4.69, 9.17) is 0 Å². The molecular weight excluding hydrogens is 695 g/mol. The van der Waals surface area contributed by atoms with Crippen LogP contribution in [-0.2, 0) is 10.8 Å². The van der Waals surface area contributed by atoms with Crippen LogP contribution in [0.15, 0.2) is 176 Å². The van der Waals surface area contributed by atoms with E-state index in [1.807, 2.05) is 11.3 Å². The Hall–Kier alpha value is -6.22. The summed E-state index contributed by atoms with van der Waals surface area (Å²) in [7, 11) is 0. The fourth-order valence-electron chi connectivity index (χ4n) is 9.71. The number of thiophene rings is 1. The second-order valence-corrected chi connectivity index (χ2v) is 17.6. The zero-order valence-corrected chi connectivity index (χ0v) is 32.9. The van der Waals surface area contributed by atoms with E-state index in [0.717, 1.165) is 5.69 Å². The van der Waals surface area contributed by atoms with E-state index in [-0.39, 0.29) is 10.8 Å². The molecule has 0 bridgehead atoms. The number of nitrogens with zero attached hydrogens (tertiary/aromatic N) is 1. The van der Waals surface area contributed by atoms with Crippen LogP contribution in [0.2, 0.25) is 0 Å². The maximum absolute atomic E-state index is 2.46. The lowest BCUT2D eigenvalue weighted by molar-refractivity contribution is 0.660. The first-order chi connectivity index (χ1) is 27.3. The standard InChI is InChI=1S/C54H41NS/c1-53(2)47-30-35(34-14-7-5-8-15-34)22-26-41(47)43-28-24-38(32-49(43)53)55(37-16-9-6-10-17-37)39-25-29-44-42-27-23-36(31-48(42)54(3,4)50(44)33-39)40-19-13-20-46-45-18-11-12-21-51(45)56-52(40)46/h5-33H,1-4H3. The van der Waals surface area contributed by atoms with Crippen molar-refractivity contribution < 1.29 is 0 Å². The van der Waals surface area contributed by atoms with E-state index >= 15 is 0 Å². The van der Waals surface area contributed by atoms with Gasteiger partial charge in [-0.2, -0.15) is 0 Å². The van der Waals surface area contributed by atoms with Gasteiger partial charge in [-0.05, 0) is 121 Å². The Balaban J connectivity index is 1.00. The van der Waals surface area contributed by atoms with Gasteiger partial charge in [0.15, 0.2) is 0 Å². The Labute approximate surface area is 333 Å². The van der Waals surface area contributed by atoms with Gasteiger partial charge in [-0.15, -0.1) is 11.3 Å². The highest BCUT2D eigenvalue weighted by Crippen LogP contribution is 2.54. The summed E-state index contributed by atoms with van der Waals surface area (Å²) in [4.78, 5) is 2.45. The van der Waals surface area contributed by atoms with Gasteiger partial charge in [-0.1, -0.05) is 149 Å². The lowest BCUT2D eigenvalue weighted by Gasteiger charge is -2.29. The number of anilines is 3. The normalized spacial score (nSPS) is 14.4. The van der Waals surface area contributed by atoms with Gasteiger partial charge in [-0.25, -0.2) is 0 Å². The first-order valence-electron chi connectivity index (χ1n) is 19.7. The molecule has 8 aromatic carbocycles. The number of hydrogen-bond acceptors (Lipinski definition) is 2. The average Bonchev–Trinajstić information content (AvgIpc) is 3.81. The van der Waals surface area contributed by atoms with E-state index in [9.17, 15) is 0 Å². The van der Waals surface area contributed by atoms with Gasteiger partial charge in [-0.3, -0.25) is 0 Å². The second kappa shape index (κ2) is 12.1. The lowest BCUT2D eigenvalue weighted by atomic mass is 9.81. The summed E-state index contributed by atoms with van der Waals surface area (Å²) in [5, 5.41) is 2.68. The summed E-state index contributed by atoms with van der Waals surface area (Å²) in [6, 6.07) is 65.6. The quantitative estimate of drug-likeness (QED) is 0.170. The van der Waals surface area contributed by atoms with E-state index in [1.165, 1.54) is 98.3 Å². The molecule has 56 heavy (non-hydrogen) atoms. The Kier molecular flexibility index (Phi) is 7.18. The Morgan fingerprint density at radius 3 is 1.50 bits per heavy atom. The Bertz CT molecular complexity index is 3020. The molecule has 268 valence electrons. The first-order valence-corrected chi connectivity index (χ1v) is 20.5. The van der Waals surface area contributed by atoms with E-state index in [2.05, 4.69) is 209 Å². The number of fused-ring (bicyclic) bond motifs is 9. The third-order valence-electron chi connectivity index (χ3n) is 12.7. The molecular formula is C54H41NS. The molecule has 0 amide bonds. The zero-order valence-electron chi connectivity index (χ0n) is 32.1. The summed E-state index contributed by atoms with van der Waals surface area (Å²) >= 11 is 1.90. The van der Waals surface area contributed by atoms with Gasteiger partial charge >= 0.3 is 0 Å². The third kappa shape index (κ3) is 4.85. The van der Waals surface area contributed by atoms with Crippen LogP contribution in [-0.4, -0.2) is 0 Å². The van der Waals surface area contributed by atoms with Crippen molar-refractivity contribution in [3.63, 3.8) is 0 Å². The molecule has 1 aromatic heterocycles. The molecule has 2 aliphatic carbocycles. The molecule has 0 saturated heterocycles. The molecule has 1 heterocycles. The highest BCUT2D eigenvalue weighted by atomic mass is 32.1.